The fourth-order valence-corrected chi connectivity index (χ4v) is 22.8. The van der Waals surface area contributed by atoms with E-state index >= 15 is 0 Å². The van der Waals surface area contributed by atoms with E-state index in [1.807, 2.05) is 74.6 Å². The normalized spacial score (nSPS) is 18.6. The van der Waals surface area contributed by atoms with E-state index in [1.165, 1.54) is 167 Å². The SMILES string of the molecule is CC(=O)N1CCn2c(C3CC3)nc(-c3cc4c(-c5cn(C)nc5C)nn(C)c4cc3C)c2C1.CC(=O)N1CCn2c(C3CC3)nc(N3CCCc4cc(-c5cncc(S(C)(=O)=O)c5)ccc43)c2C1.CC(=O)N1CCn2c(C3CC3)nc(N3CCCc4cc(-c5cnn(C6CC6)c5)ccc43)c2C1.CC(=O)N1CCn2c(C3CC3)nc(N3CCCc4cc(-c5cnn(C6CCOCC6)c5)ccc43)c2C1. The van der Waals surface area contributed by atoms with Crippen LogP contribution >= 0.6 is 0 Å². The number of amides is 4. The molecule has 0 N–H and O–H groups in total. The molecule has 31 nitrogen and oxygen atoms in total. The Labute approximate surface area is 798 Å². The van der Waals surface area contributed by atoms with Crippen molar-refractivity contribution in [3.8, 4) is 55.9 Å². The van der Waals surface area contributed by atoms with E-state index in [2.05, 4.69) is 137 Å². The first-order valence-corrected chi connectivity index (χ1v) is 51.7. The molecule has 4 amide bonds. The third kappa shape index (κ3) is 17.1. The first kappa shape index (κ1) is 88.2. The number of aryl methyl sites for hydroxylation is 7. The van der Waals surface area contributed by atoms with Gasteiger partial charge in [-0.3, -0.25) is 42.9 Å². The third-order valence-corrected chi connectivity index (χ3v) is 31.6. The zero-order valence-corrected chi connectivity index (χ0v) is 81.0. The van der Waals surface area contributed by atoms with Crippen molar-refractivity contribution in [2.24, 2.45) is 14.1 Å². The molecule has 0 spiro atoms. The van der Waals surface area contributed by atoms with Gasteiger partial charge in [0.15, 0.2) is 27.3 Å². The molecule has 8 aliphatic heterocycles. The van der Waals surface area contributed by atoms with Crippen LogP contribution in [0.2, 0.25) is 0 Å². The second-order valence-electron chi connectivity index (χ2n) is 40.4. The third-order valence-electron chi connectivity index (χ3n) is 30.5. The van der Waals surface area contributed by atoms with Crippen molar-refractivity contribution in [2.75, 3.05) is 80.0 Å². The van der Waals surface area contributed by atoms with Gasteiger partial charge in [-0.1, -0.05) is 18.2 Å². The lowest BCUT2D eigenvalue weighted by molar-refractivity contribution is -0.131. The molecule has 5 saturated carbocycles. The highest BCUT2D eigenvalue weighted by Crippen LogP contribution is 2.51. The van der Waals surface area contributed by atoms with Crippen LogP contribution < -0.4 is 14.7 Å². The number of pyridine rings is 1. The molecule has 0 radical (unpaired) electrons. The van der Waals surface area contributed by atoms with Gasteiger partial charge in [0.05, 0.1) is 95.2 Å². The van der Waals surface area contributed by atoms with E-state index in [0.717, 1.165) is 221 Å². The van der Waals surface area contributed by atoms with Gasteiger partial charge < -0.3 is 57.3 Å². The molecule has 710 valence electrons. The highest BCUT2D eigenvalue weighted by molar-refractivity contribution is 7.90. The minimum absolute atomic E-state index is 0.102. The van der Waals surface area contributed by atoms with E-state index in [9.17, 15) is 27.6 Å². The van der Waals surface area contributed by atoms with Crippen molar-refractivity contribution >= 4 is 78.9 Å². The van der Waals surface area contributed by atoms with Gasteiger partial charge in [-0.2, -0.15) is 20.4 Å². The molecule has 137 heavy (non-hydrogen) atoms. The molecular weight excluding hydrogens is 1740 g/mol. The summed E-state index contributed by atoms with van der Waals surface area (Å²) in [5.41, 5.74) is 26.3. The lowest BCUT2D eigenvalue weighted by atomic mass is 9.96. The van der Waals surface area contributed by atoms with Crippen LogP contribution in [-0.2, 0) is 119 Å². The van der Waals surface area contributed by atoms with Gasteiger partial charge in [-0.25, -0.2) is 28.4 Å². The Morgan fingerprint density at radius 2 is 0.810 bits per heavy atom. The molecule has 0 unspecified atom stereocenters. The fourth-order valence-electron chi connectivity index (χ4n) is 22.2. The van der Waals surface area contributed by atoms with Gasteiger partial charge in [-0.05, 0) is 223 Å². The highest BCUT2D eigenvalue weighted by Gasteiger charge is 2.43. The lowest BCUT2D eigenvalue weighted by Crippen LogP contribution is -2.38. The average molecular weight is 1860 g/mol. The molecule has 26 rings (SSSR count). The molecule has 32 heteroatoms. The van der Waals surface area contributed by atoms with Gasteiger partial charge in [0.2, 0.25) is 23.6 Å². The van der Waals surface area contributed by atoms with Crippen molar-refractivity contribution in [2.45, 2.75) is 250 Å². The largest absolute Gasteiger partial charge is 0.381 e. The van der Waals surface area contributed by atoms with Crippen LogP contribution in [0.25, 0.3) is 66.8 Å². The number of imidazole rings is 4. The lowest BCUT2D eigenvalue weighted by Gasteiger charge is -2.33. The first-order valence-electron chi connectivity index (χ1n) is 49.8. The predicted molar refractivity (Wildman–Crippen MR) is 524 cm³/mol. The first-order chi connectivity index (χ1) is 66.4. The Morgan fingerprint density at radius 3 is 1.21 bits per heavy atom. The number of rotatable bonds is 15. The van der Waals surface area contributed by atoms with E-state index in [-0.39, 0.29) is 28.5 Å². The zero-order valence-electron chi connectivity index (χ0n) is 80.2. The summed E-state index contributed by atoms with van der Waals surface area (Å²) in [5.74, 6) is 10.7. The van der Waals surface area contributed by atoms with Crippen LogP contribution in [-0.4, -0.2) is 199 Å². The molecule has 0 atom stereocenters. The molecule has 4 aromatic carbocycles. The van der Waals surface area contributed by atoms with E-state index in [0.29, 0.717) is 61.9 Å². The minimum Gasteiger partial charge on any atom is -0.381 e. The number of benzene rings is 4. The number of nitrogens with zero attached hydrogens (tertiary/aromatic N) is 24. The maximum absolute atomic E-state index is 12.2. The number of ether oxygens (including phenoxy) is 1. The average Bonchev–Trinajstić information content (AvgIpc) is 1.58. The Hall–Kier alpha value is -12.8. The number of anilines is 6. The number of carbonyl (C=O) groups excluding carboxylic acids is 4. The number of sulfone groups is 1. The van der Waals surface area contributed by atoms with Crippen LogP contribution in [0.1, 0.15) is 234 Å². The Morgan fingerprint density at radius 1 is 0.401 bits per heavy atom. The van der Waals surface area contributed by atoms with E-state index in [4.69, 9.17) is 34.9 Å². The quantitative estimate of drug-likeness (QED) is 0.0921. The summed E-state index contributed by atoms with van der Waals surface area (Å²) in [6.45, 7) is 24.2. The molecular formula is C105H122N24O7S. The van der Waals surface area contributed by atoms with Gasteiger partial charge in [0.1, 0.15) is 29.0 Å². The van der Waals surface area contributed by atoms with Crippen LogP contribution in [0.5, 0.6) is 0 Å². The van der Waals surface area contributed by atoms with Gasteiger partial charge >= 0.3 is 0 Å². The Kier molecular flexibility index (Phi) is 22.7. The number of carbonyl (C=O) groups is 4. The van der Waals surface area contributed by atoms with E-state index in [1.54, 1.807) is 40.0 Å². The monoisotopic (exact) mass is 1860 g/mol. The minimum atomic E-state index is -3.32. The van der Waals surface area contributed by atoms with Crippen LogP contribution in [0.3, 0.4) is 0 Å². The summed E-state index contributed by atoms with van der Waals surface area (Å²) in [4.78, 5) is 88.7. The molecule has 13 aromatic rings. The fraction of sp³-hybridized carbons (Fsp3) is 0.476. The van der Waals surface area contributed by atoms with Crippen molar-refractivity contribution in [1.29, 1.82) is 0 Å². The molecule has 9 aromatic heterocycles. The van der Waals surface area contributed by atoms with Crippen molar-refractivity contribution in [1.82, 2.24) is 102 Å². The maximum atomic E-state index is 12.2. The zero-order chi connectivity index (χ0) is 93.7. The van der Waals surface area contributed by atoms with Crippen molar-refractivity contribution in [3.63, 3.8) is 0 Å². The number of aromatic nitrogens is 17. The molecule has 17 heterocycles. The summed E-state index contributed by atoms with van der Waals surface area (Å²) in [5, 5.41) is 19.8. The Bertz CT molecular complexity index is 7090. The second-order valence-corrected chi connectivity index (χ2v) is 42.4. The molecule has 6 fully saturated rings. The van der Waals surface area contributed by atoms with Crippen LogP contribution in [0.15, 0.2) is 121 Å². The van der Waals surface area contributed by atoms with Crippen molar-refractivity contribution in [3.05, 3.63) is 190 Å². The smallest absolute Gasteiger partial charge is 0.219 e. The molecule has 1 saturated heterocycles. The van der Waals surface area contributed by atoms with Gasteiger partial charge in [-0.15, -0.1) is 0 Å². The molecule has 5 aliphatic carbocycles. The second kappa shape index (κ2) is 35.3. The summed E-state index contributed by atoms with van der Waals surface area (Å²) >= 11 is 0. The predicted octanol–water partition coefficient (Wildman–Crippen LogP) is 16.2. The van der Waals surface area contributed by atoms with Crippen LogP contribution in [0, 0.1) is 13.8 Å². The van der Waals surface area contributed by atoms with E-state index < -0.39 is 9.84 Å². The molecule has 13 aliphatic rings. The standard InChI is InChI=1S/C28H34N6O2.C26H30N6O.C26H29N5O3S.C25H29N7O/c1-19(35)31-11-12-33-26(18-31)28(30-27(33)20-4-5-20)32-10-2-3-22-15-21(6-7-25(22)32)23-16-29-34(17-23)24-8-13-36-14-9-24;1-17(33)29-11-12-31-24(16-29)26(28-25(31)18-4-5-18)30-10-2-3-20-13-19(6-9-23(20)30)21-14-27-32(15-21)22-7-8-22;1-17(32)29-10-11-31-24(16-29)26(28-25(31)18-5-6-18)30-9-3-4-20-12-19(7-8-23(20)30)21-13-22(15-27-14-21)35(2,33)34;1-14-10-21-19(23(28-30(21)5)20-12-29(4)27-15(20)2)11-18(14)24-22-13-31(16(3)33)8-9-32(22)25(26-24)17-6-7-17/h6-7,15-17,20,24H,2-5,8-14,18H2,1H3;6,9,13-15,18,22H,2-5,7-8,10-12,16H2,1H3;7-8,12-15,18H,3-6,9-11,16H2,1-2H3;10-12,17H,6-9,13H2,1-5H3. The topological polar surface area (TPSA) is 290 Å². The maximum Gasteiger partial charge on any atom is 0.219 e. The van der Waals surface area contributed by atoms with Gasteiger partial charge in [0.25, 0.3) is 0 Å². The summed E-state index contributed by atoms with van der Waals surface area (Å²) in [6, 6.07) is 27.2. The number of hydrogen-bond acceptors (Lipinski definition) is 19. The van der Waals surface area contributed by atoms with Gasteiger partial charge in [0, 0.05) is 238 Å². The number of hydrogen-bond donors (Lipinski definition) is 0. The van der Waals surface area contributed by atoms with Crippen LogP contribution in [0.4, 0.5) is 34.5 Å². The molecule has 0 bridgehead atoms. The summed E-state index contributed by atoms with van der Waals surface area (Å²) in [6.07, 6.45) is 35.3. The highest BCUT2D eigenvalue weighted by atomic mass is 32.2. The summed E-state index contributed by atoms with van der Waals surface area (Å²) in [7, 11) is 0.606. The Balaban J connectivity index is 0.000000103. The van der Waals surface area contributed by atoms with Crippen molar-refractivity contribution < 1.29 is 32.3 Å². The number of fused-ring (bicyclic) bond motifs is 8. The summed E-state index contributed by atoms with van der Waals surface area (Å²) < 4.78 is 47.1.